The van der Waals surface area contributed by atoms with Gasteiger partial charge in [-0.25, -0.2) is 4.39 Å². The van der Waals surface area contributed by atoms with Crippen LogP contribution >= 0.6 is 12.4 Å². The van der Waals surface area contributed by atoms with E-state index in [4.69, 9.17) is 5.73 Å². The van der Waals surface area contributed by atoms with Crippen molar-refractivity contribution in [3.63, 3.8) is 0 Å². The smallest absolute Gasteiger partial charge is 0.227 e. The molecule has 1 heterocycles. The Kier molecular flexibility index (Phi) is 6.61. The minimum Gasteiger partial charge on any atom is -0.352 e. The number of carbonyl (C=O) groups excluding carboxylic acids is 2. The summed E-state index contributed by atoms with van der Waals surface area (Å²) < 4.78 is 12.9. The molecule has 5 nitrogen and oxygen atoms in total. The predicted molar refractivity (Wildman–Crippen MR) is 107 cm³/mol. The van der Waals surface area contributed by atoms with Gasteiger partial charge < -0.3 is 16.0 Å². The third kappa shape index (κ3) is 4.18. The van der Waals surface area contributed by atoms with Gasteiger partial charge in [-0.2, -0.15) is 0 Å². The van der Waals surface area contributed by atoms with E-state index in [0.29, 0.717) is 44.3 Å². The van der Waals surface area contributed by atoms with Crippen LogP contribution in [0.5, 0.6) is 0 Å². The van der Waals surface area contributed by atoms with Crippen molar-refractivity contribution in [2.45, 2.75) is 44.7 Å². The van der Waals surface area contributed by atoms with E-state index in [-0.39, 0.29) is 47.9 Å². The molecule has 1 aliphatic heterocycles. The molecule has 7 heteroatoms. The third-order valence-corrected chi connectivity index (χ3v) is 6.82. The zero-order valence-corrected chi connectivity index (χ0v) is 16.8. The Bertz CT molecular complexity index is 704. The van der Waals surface area contributed by atoms with Crippen molar-refractivity contribution in [2.75, 3.05) is 13.1 Å². The Morgan fingerprint density at radius 3 is 2.32 bits per heavy atom. The summed E-state index contributed by atoms with van der Waals surface area (Å²) in [5.41, 5.74) is 7.19. The summed E-state index contributed by atoms with van der Waals surface area (Å²) in [6, 6.07) is 6.16. The lowest BCUT2D eigenvalue weighted by atomic mass is 9.83. The molecule has 2 aliphatic carbocycles. The van der Waals surface area contributed by atoms with Gasteiger partial charge >= 0.3 is 0 Å². The van der Waals surface area contributed by atoms with Crippen LogP contribution in [0, 0.1) is 29.5 Å². The van der Waals surface area contributed by atoms with Crippen LogP contribution in [0.2, 0.25) is 0 Å². The van der Waals surface area contributed by atoms with Gasteiger partial charge in [0.05, 0.1) is 5.92 Å². The summed E-state index contributed by atoms with van der Waals surface area (Å²) in [5.74, 6) is 0.865. The van der Waals surface area contributed by atoms with Gasteiger partial charge in [0.25, 0.3) is 0 Å². The third-order valence-electron chi connectivity index (χ3n) is 6.82. The highest BCUT2D eigenvalue weighted by molar-refractivity contribution is 5.85. The van der Waals surface area contributed by atoms with Crippen LogP contribution < -0.4 is 11.1 Å². The van der Waals surface area contributed by atoms with Gasteiger partial charge in [0.15, 0.2) is 0 Å². The number of halogens is 2. The lowest BCUT2D eigenvalue weighted by molar-refractivity contribution is -0.141. The maximum Gasteiger partial charge on any atom is 0.227 e. The summed E-state index contributed by atoms with van der Waals surface area (Å²) in [4.78, 5) is 27.3. The molecule has 2 bridgehead atoms. The van der Waals surface area contributed by atoms with Gasteiger partial charge in [-0.15, -0.1) is 12.4 Å². The monoisotopic (exact) mass is 409 g/mol. The Morgan fingerprint density at radius 2 is 1.71 bits per heavy atom. The fraction of sp³-hybridized carbons (Fsp3) is 0.619. The largest absolute Gasteiger partial charge is 0.352 e. The van der Waals surface area contributed by atoms with Crippen LogP contribution in [-0.4, -0.2) is 35.8 Å². The molecule has 3 aliphatic rings. The van der Waals surface area contributed by atoms with Crippen LogP contribution in [0.15, 0.2) is 24.3 Å². The number of fused-ring (bicyclic) bond motifs is 2. The number of carbonyl (C=O) groups is 2. The van der Waals surface area contributed by atoms with Crippen LogP contribution in [0.25, 0.3) is 0 Å². The summed E-state index contributed by atoms with van der Waals surface area (Å²) in [5, 5.41) is 2.93. The molecule has 4 rings (SSSR count). The molecule has 4 unspecified atom stereocenters. The molecular weight excluding hydrogens is 381 g/mol. The van der Waals surface area contributed by atoms with Crippen molar-refractivity contribution in [2.24, 2.45) is 29.4 Å². The van der Waals surface area contributed by atoms with Crippen molar-refractivity contribution in [1.29, 1.82) is 0 Å². The highest BCUT2D eigenvalue weighted by atomic mass is 35.5. The van der Waals surface area contributed by atoms with Gasteiger partial charge in [0.2, 0.25) is 11.8 Å². The van der Waals surface area contributed by atoms with E-state index in [1.54, 1.807) is 12.1 Å². The van der Waals surface area contributed by atoms with Crippen molar-refractivity contribution in [1.82, 2.24) is 10.2 Å². The number of likely N-dealkylation sites (tertiary alicyclic amines) is 1. The zero-order valence-electron chi connectivity index (χ0n) is 16.0. The SMILES string of the molecule is Cl.NC1C2CCC(C2)C1C(=O)N1CCC(C(=O)NCc2ccc(F)cc2)CC1. The molecule has 0 aromatic heterocycles. The lowest BCUT2D eigenvalue weighted by Gasteiger charge is -2.36. The lowest BCUT2D eigenvalue weighted by Crippen LogP contribution is -2.50. The second kappa shape index (κ2) is 8.78. The van der Waals surface area contributed by atoms with Gasteiger partial charge in [0.1, 0.15) is 5.82 Å². The first-order valence-electron chi connectivity index (χ1n) is 10.1. The number of amides is 2. The Morgan fingerprint density at radius 1 is 1.07 bits per heavy atom. The van der Waals surface area contributed by atoms with E-state index in [0.717, 1.165) is 18.4 Å². The molecule has 1 aromatic rings. The molecule has 1 aromatic carbocycles. The molecule has 0 spiro atoms. The van der Waals surface area contributed by atoms with E-state index < -0.39 is 0 Å². The molecular formula is C21H29ClFN3O2. The average molecular weight is 410 g/mol. The molecule has 28 heavy (non-hydrogen) atoms. The van der Waals surface area contributed by atoms with Crippen molar-refractivity contribution in [3.05, 3.63) is 35.6 Å². The highest BCUT2D eigenvalue weighted by Gasteiger charge is 2.50. The Labute approximate surface area is 171 Å². The first-order chi connectivity index (χ1) is 13.0. The number of hydrogen-bond donors (Lipinski definition) is 2. The van der Waals surface area contributed by atoms with E-state index in [1.165, 1.54) is 18.6 Å². The van der Waals surface area contributed by atoms with Crippen LogP contribution in [-0.2, 0) is 16.1 Å². The number of benzene rings is 1. The van der Waals surface area contributed by atoms with Crippen LogP contribution in [0.3, 0.4) is 0 Å². The van der Waals surface area contributed by atoms with Gasteiger partial charge in [-0.1, -0.05) is 12.1 Å². The first-order valence-corrected chi connectivity index (χ1v) is 10.1. The maximum absolute atomic E-state index is 12.9. The van der Waals surface area contributed by atoms with Gasteiger partial charge in [0, 0.05) is 31.6 Å². The van der Waals surface area contributed by atoms with Crippen molar-refractivity contribution < 1.29 is 14.0 Å². The van der Waals surface area contributed by atoms with E-state index in [2.05, 4.69) is 5.32 Å². The van der Waals surface area contributed by atoms with Crippen molar-refractivity contribution in [3.8, 4) is 0 Å². The first kappa shape index (κ1) is 21.1. The number of piperidine rings is 1. The molecule has 0 radical (unpaired) electrons. The quantitative estimate of drug-likeness (QED) is 0.802. The predicted octanol–water partition coefficient (Wildman–Crippen LogP) is 2.48. The highest BCUT2D eigenvalue weighted by Crippen LogP contribution is 2.48. The minimum absolute atomic E-state index is 0. The molecule has 3 fully saturated rings. The number of nitrogens with zero attached hydrogens (tertiary/aromatic N) is 1. The summed E-state index contributed by atoms with van der Waals surface area (Å²) in [7, 11) is 0. The zero-order chi connectivity index (χ0) is 19.0. The standard InChI is InChI=1S/C21H28FN3O2.ClH/c22-17-5-1-13(2-6-17)12-24-20(26)14-7-9-25(10-8-14)21(27)18-15-3-4-16(11-15)19(18)23;/h1-2,5-6,14-16,18-19H,3-4,7-12,23H2,(H,24,26);1H. The van der Waals surface area contributed by atoms with E-state index in [9.17, 15) is 14.0 Å². The molecule has 2 amide bonds. The fourth-order valence-corrected chi connectivity index (χ4v) is 5.21. The normalized spacial score (nSPS) is 29.4. The van der Waals surface area contributed by atoms with E-state index >= 15 is 0 Å². The number of rotatable bonds is 4. The molecule has 1 saturated heterocycles. The number of hydrogen-bond acceptors (Lipinski definition) is 3. The fourth-order valence-electron chi connectivity index (χ4n) is 5.21. The van der Waals surface area contributed by atoms with Crippen LogP contribution in [0.1, 0.15) is 37.7 Å². The van der Waals surface area contributed by atoms with Gasteiger partial charge in [-0.3, -0.25) is 9.59 Å². The molecule has 2 saturated carbocycles. The Hall–Kier alpha value is -1.66. The number of nitrogens with one attached hydrogen (secondary N) is 1. The topological polar surface area (TPSA) is 75.4 Å². The summed E-state index contributed by atoms with van der Waals surface area (Å²) in [6.07, 6.45) is 4.80. The molecule has 4 atom stereocenters. The number of nitrogens with two attached hydrogens (primary N) is 1. The van der Waals surface area contributed by atoms with Gasteiger partial charge in [-0.05, 0) is 61.6 Å². The summed E-state index contributed by atoms with van der Waals surface area (Å²) in [6.45, 7) is 1.67. The van der Waals surface area contributed by atoms with Crippen molar-refractivity contribution >= 4 is 24.2 Å². The maximum atomic E-state index is 12.9. The minimum atomic E-state index is -0.280. The Balaban J connectivity index is 0.00000225. The summed E-state index contributed by atoms with van der Waals surface area (Å²) >= 11 is 0. The van der Waals surface area contributed by atoms with Crippen LogP contribution in [0.4, 0.5) is 4.39 Å². The second-order valence-electron chi connectivity index (χ2n) is 8.38. The van der Waals surface area contributed by atoms with E-state index in [1.807, 2.05) is 4.90 Å². The second-order valence-corrected chi connectivity index (χ2v) is 8.38. The molecule has 154 valence electrons. The molecule has 3 N–H and O–H groups in total. The average Bonchev–Trinajstić information content (AvgIpc) is 3.28.